The van der Waals surface area contributed by atoms with E-state index in [0.29, 0.717) is 0 Å². The van der Waals surface area contributed by atoms with E-state index in [2.05, 4.69) is 45.6 Å². The number of hydrogen-bond acceptors (Lipinski definition) is 2. The fourth-order valence-electron chi connectivity index (χ4n) is 1.89. The predicted octanol–water partition coefficient (Wildman–Crippen LogP) is 4.85. The van der Waals surface area contributed by atoms with E-state index in [0.717, 1.165) is 23.5 Å². The summed E-state index contributed by atoms with van der Waals surface area (Å²) in [6, 6.07) is 15.8. The predicted molar refractivity (Wildman–Crippen MR) is 92.5 cm³/mol. The molecular weight excluding hydrogens is 328 g/mol. The molecule has 0 bridgehead atoms. The molecule has 21 heavy (non-hydrogen) atoms. The fourth-order valence-corrected chi connectivity index (χ4v) is 2.00. The third kappa shape index (κ3) is 4.33. The van der Waals surface area contributed by atoms with E-state index in [1.165, 1.54) is 5.56 Å². The summed E-state index contributed by atoms with van der Waals surface area (Å²) in [6.07, 6.45) is 0.749. The molecule has 0 aromatic heterocycles. The number of rotatable bonds is 5. The molecule has 2 rings (SSSR count). The molecular formula is C17H19BrN2O. The Morgan fingerprint density at radius 3 is 2.33 bits per heavy atom. The highest BCUT2D eigenvalue weighted by Gasteiger charge is 2.13. The van der Waals surface area contributed by atoms with Crippen LogP contribution in [0.5, 0.6) is 0 Å². The number of benzene rings is 2. The lowest BCUT2D eigenvalue weighted by atomic mass is 10.2. The Labute approximate surface area is 133 Å². The first kappa shape index (κ1) is 15.6. The Hall–Kier alpha value is -1.81. The van der Waals surface area contributed by atoms with Crippen molar-refractivity contribution in [2.24, 2.45) is 0 Å². The molecule has 4 heteroatoms. The van der Waals surface area contributed by atoms with Crippen molar-refractivity contribution in [3.05, 3.63) is 54.1 Å². The molecule has 1 atom stereocenters. The van der Waals surface area contributed by atoms with E-state index in [1.807, 2.05) is 43.3 Å². The number of aryl methyl sites for hydroxylation is 1. The summed E-state index contributed by atoms with van der Waals surface area (Å²) in [5.74, 6) is -0.0318. The van der Waals surface area contributed by atoms with Crippen LogP contribution in [0.4, 0.5) is 17.1 Å². The van der Waals surface area contributed by atoms with Crippen LogP contribution in [0.3, 0.4) is 0 Å². The molecule has 0 saturated carbocycles. The molecule has 1 unspecified atom stereocenters. The summed E-state index contributed by atoms with van der Waals surface area (Å²) in [5.41, 5.74) is 3.87. The maximum atomic E-state index is 12.0. The third-order valence-corrected chi connectivity index (χ3v) is 4.22. The number of anilines is 3. The Balaban J connectivity index is 2.17. The molecule has 0 aliphatic heterocycles. The topological polar surface area (TPSA) is 41.1 Å². The lowest BCUT2D eigenvalue weighted by molar-refractivity contribution is -0.115. The lowest BCUT2D eigenvalue weighted by Crippen LogP contribution is -2.22. The lowest BCUT2D eigenvalue weighted by Gasteiger charge is -2.14. The number of halogens is 1. The summed E-state index contributed by atoms with van der Waals surface area (Å²) >= 11 is 3.37. The first-order valence-electron chi connectivity index (χ1n) is 6.98. The van der Waals surface area contributed by atoms with Crippen molar-refractivity contribution in [1.29, 1.82) is 0 Å². The summed E-state index contributed by atoms with van der Waals surface area (Å²) in [4.78, 5) is 11.8. The van der Waals surface area contributed by atoms with Gasteiger partial charge < -0.3 is 10.6 Å². The fraction of sp³-hybridized carbons (Fsp3) is 0.235. The minimum absolute atomic E-state index is 0.0318. The van der Waals surface area contributed by atoms with Gasteiger partial charge in [0.15, 0.2) is 0 Å². The number of carbonyl (C=O) groups excluding carboxylic acids is 1. The van der Waals surface area contributed by atoms with Crippen LogP contribution < -0.4 is 10.6 Å². The highest BCUT2D eigenvalue weighted by Crippen LogP contribution is 2.26. The van der Waals surface area contributed by atoms with Crippen LogP contribution >= 0.6 is 15.9 Å². The van der Waals surface area contributed by atoms with E-state index in [9.17, 15) is 4.79 Å². The molecule has 0 spiro atoms. The van der Waals surface area contributed by atoms with Crippen LogP contribution in [0, 0.1) is 6.92 Å². The average Bonchev–Trinajstić information content (AvgIpc) is 2.50. The molecule has 3 nitrogen and oxygen atoms in total. The van der Waals surface area contributed by atoms with Crippen molar-refractivity contribution in [1.82, 2.24) is 0 Å². The van der Waals surface area contributed by atoms with Crippen LogP contribution in [0.15, 0.2) is 48.5 Å². The second-order valence-electron chi connectivity index (χ2n) is 4.90. The molecule has 0 saturated heterocycles. The quantitative estimate of drug-likeness (QED) is 0.759. The Kier molecular flexibility index (Phi) is 5.39. The zero-order valence-corrected chi connectivity index (χ0v) is 13.8. The average molecular weight is 347 g/mol. The minimum atomic E-state index is -0.176. The monoisotopic (exact) mass is 346 g/mol. The zero-order valence-electron chi connectivity index (χ0n) is 12.2. The van der Waals surface area contributed by atoms with E-state index in [4.69, 9.17) is 0 Å². The minimum Gasteiger partial charge on any atom is -0.354 e. The number of para-hydroxylation sites is 2. The maximum Gasteiger partial charge on any atom is 0.238 e. The normalized spacial score (nSPS) is 11.8. The number of hydrogen-bond donors (Lipinski definition) is 2. The van der Waals surface area contributed by atoms with Gasteiger partial charge in [0.2, 0.25) is 5.91 Å². The van der Waals surface area contributed by atoms with Crippen LogP contribution in [-0.2, 0) is 4.79 Å². The zero-order chi connectivity index (χ0) is 15.2. The first-order chi connectivity index (χ1) is 10.1. The van der Waals surface area contributed by atoms with Crippen molar-refractivity contribution in [2.75, 3.05) is 10.6 Å². The standard InChI is InChI=1S/C17H19BrN2O/c1-3-14(18)17(21)20-16-7-5-4-6-15(16)19-13-10-8-12(2)9-11-13/h4-11,14,19H,3H2,1-2H3,(H,20,21). The van der Waals surface area contributed by atoms with E-state index >= 15 is 0 Å². The van der Waals surface area contributed by atoms with Gasteiger partial charge in [-0.15, -0.1) is 0 Å². The molecule has 0 aliphatic carbocycles. The Bertz CT molecular complexity index is 610. The van der Waals surface area contributed by atoms with Crippen LogP contribution in [0.1, 0.15) is 18.9 Å². The molecule has 0 fully saturated rings. The second kappa shape index (κ2) is 7.27. The summed E-state index contributed by atoms with van der Waals surface area (Å²) in [5, 5.41) is 6.28. The maximum absolute atomic E-state index is 12.0. The van der Waals surface area contributed by atoms with Crippen molar-refractivity contribution >= 4 is 38.9 Å². The first-order valence-corrected chi connectivity index (χ1v) is 7.89. The molecule has 2 N–H and O–H groups in total. The van der Waals surface area contributed by atoms with Gasteiger partial charge in [0.25, 0.3) is 0 Å². The van der Waals surface area contributed by atoms with E-state index in [-0.39, 0.29) is 10.7 Å². The molecule has 110 valence electrons. The van der Waals surface area contributed by atoms with Crippen LogP contribution in [0.2, 0.25) is 0 Å². The van der Waals surface area contributed by atoms with Crippen LogP contribution in [0.25, 0.3) is 0 Å². The highest BCUT2D eigenvalue weighted by molar-refractivity contribution is 9.10. The van der Waals surface area contributed by atoms with Gasteiger partial charge in [-0.25, -0.2) is 0 Å². The number of amides is 1. The molecule has 0 radical (unpaired) electrons. The molecule has 2 aromatic rings. The van der Waals surface area contributed by atoms with Gasteiger partial charge in [0.1, 0.15) is 0 Å². The summed E-state index contributed by atoms with van der Waals surface area (Å²) in [7, 11) is 0. The number of alkyl halides is 1. The van der Waals surface area contributed by atoms with Crippen LogP contribution in [-0.4, -0.2) is 10.7 Å². The van der Waals surface area contributed by atoms with Crippen molar-refractivity contribution in [2.45, 2.75) is 25.1 Å². The van der Waals surface area contributed by atoms with Gasteiger partial charge in [-0.2, -0.15) is 0 Å². The van der Waals surface area contributed by atoms with Gasteiger partial charge in [0, 0.05) is 5.69 Å². The second-order valence-corrected chi connectivity index (χ2v) is 6.01. The summed E-state index contributed by atoms with van der Waals surface area (Å²) in [6.45, 7) is 4.02. The van der Waals surface area contributed by atoms with E-state index in [1.54, 1.807) is 0 Å². The number of nitrogens with one attached hydrogen (secondary N) is 2. The van der Waals surface area contributed by atoms with Crippen molar-refractivity contribution < 1.29 is 4.79 Å². The van der Waals surface area contributed by atoms with Gasteiger partial charge >= 0.3 is 0 Å². The van der Waals surface area contributed by atoms with Gasteiger partial charge in [-0.1, -0.05) is 52.7 Å². The largest absolute Gasteiger partial charge is 0.354 e. The SMILES string of the molecule is CCC(Br)C(=O)Nc1ccccc1Nc1ccc(C)cc1. The van der Waals surface area contributed by atoms with Gasteiger partial charge in [-0.3, -0.25) is 4.79 Å². The third-order valence-electron chi connectivity index (χ3n) is 3.16. The molecule has 0 aliphatic rings. The van der Waals surface area contributed by atoms with E-state index < -0.39 is 0 Å². The summed E-state index contributed by atoms with van der Waals surface area (Å²) < 4.78 is 0. The van der Waals surface area contributed by atoms with Crippen molar-refractivity contribution in [3.63, 3.8) is 0 Å². The molecule has 1 amide bonds. The van der Waals surface area contributed by atoms with Gasteiger partial charge in [0.05, 0.1) is 16.2 Å². The highest BCUT2D eigenvalue weighted by atomic mass is 79.9. The van der Waals surface area contributed by atoms with Crippen molar-refractivity contribution in [3.8, 4) is 0 Å². The van der Waals surface area contributed by atoms with Gasteiger partial charge in [-0.05, 0) is 37.6 Å². The molecule has 2 aromatic carbocycles. The Morgan fingerprint density at radius 2 is 1.71 bits per heavy atom. The number of carbonyl (C=O) groups is 1. The Morgan fingerprint density at radius 1 is 1.10 bits per heavy atom. The smallest absolute Gasteiger partial charge is 0.238 e. The molecule has 0 heterocycles.